The van der Waals surface area contributed by atoms with Crippen LogP contribution in [0, 0.1) is 12.7 Å². The minimum absolute atomic E-state index is 0.0811. The molecule has 1 heterocycles. The van der Waals surface area contributed by atoms with Crippen molar-refractivity contribution in [1.82, 2.24) is 4.98 Å². The quantitative estimate of drug-likeness (QED) is 0.905. The van der Waals surface area contributed by atoms with Crippen LogP contribution >= 0.6 is 0 Å². The Kier molecular flexibility index (Phi) is 3.23. The lowest BCUT2D eigenvalue weighted by Gasteiger charge is -2.05. The molecule has 0 atom stereocenters. The normalized spacial score (nSPS) is 10.1. The van der Waals surface area contributed by atoms with Gasteiger partial charge in [-0.1, -0.05) is 0 Å². The third kappa shape index (κ3) is 2.63. The van der Waals surface area contributed by atoms with Gasteiger partial charge in [0.1, 0.15) is 11.6 Å². The molecule has 0 saturated heterocycles. The molecule has 5 heteroatoms. The number of nitrogens with zero attached hydrogens (tertiary/aromatic N) is 1. The molecule has 92 valence electrons. The molecule has 0 fully saturated rings. The van der Waals surface area contributed by atoms with Crippen LogP contribution in [0.3, 0.4) is 0 Å². The smallest absolute Gasteiger partial charge is 0.337 e. The highest BCUT2D eigenvalue weighted by Gasteiger charge is 2.05. The molecule has 0 unspecified atom stereocenters. The summed E-state index contributed by atoms with van der Waals surface area (Å²) in [6.07, 6.45) is 1.20. The van der Waals surface area contributed by atoms with Gasteiger partial charge in [0, 0.05) is 12.3 Å². The summed E-state index contributed by atoms with van der Waals surface area (Å²) in [6, 6.07) is 7.16. The summed E-state index contributed by atoms with van der Waals surface area (Å²) in [6.45, 7) is 1.63. The summed E-state index contributed by atoms with van der Waals surface area (Å²) in [5, 5.41) is 8.71. The zero-order valence-electron chi connectivity index (χ0n) is 9.55. The predicted octanol–water partition coefficient (Wildman–Crippen LogP) is 3.02. The second kappa shape index (κ2) is 4.83. The number of pyridine rings is 1. The van der Waals surface area contributed by atoms with Gasteiger partial charge in [-0.15, -0.1) is 0 Å². The predicted molar refractivity (Wildman–Crippen MR) is 62.4 cm³/mol. The molecule has 0 saturated carbocycles. The summed E-state index contributed by atoms with van der Waals surface area (Å²) >= 11 is 0. The Labute approximate surface area is 103 Å². The molecule has 2 rings (SSSR count). The Morgan fingerprint density at radius 2 is 2.11 bits per heavy atom. The molecule has 2 aromatic rings. The van der Waals surface area contributed by atoms with E-state index in [-0.39, 0.29) is 17.3 Å². The van der Waals surface area contributed by atoms with Gasteiger partial charge >= 0.3 is 5.97 Å². The number of carboxylic acid groups (broad SMARTS) is 1. The maximum atomic E-state index is 13.0. The number of benzene rings is 1. The monoisotopic (exact) mass is 247 g/mol. The summed E-state index contributed by atoms with van der Waals surface area (Å²) in [4.78, 5) is 14.5. The molecule has 0 amide bonds. The Bertz CT molecular complexity index is 581. The molecule has 1 aromatic carbocycles. The van der Waals surface area contributed by atoms with Crippen molar-refractivity contribution >= 4 is 5.97 Å². The molecule has 1 N–H and O–H groups in total. The van der Waals surface area contributed by atoms with E-state index in [9.17, 15) is 9.18 Å². The van der Waals surface area contributed by atoms with E-state index >= 15 is 0 Å². The van der Waals surface area contributed by atoms with Gasteiger partial charge in [-0.2, -0.15) is 0 Å². The van der Waals surface area contributed by atoms with Crippen LogP contribution in [-0.2, 0) is 0 Å². The van der Waals surface area contributed by atoms with Gasteiger partial charge in [0.05, 0.1) is 5.56 Å². The van der Waals surface area contributed by atoms with Crippen molar-refractivity contribution in [3.63, 3.8) is 0 Å². The van der Waals surface area contributed by atoms with Crippen LogP contribution in [0.2, 0.25) is 0 Å². The number of hydrogen-bond acceptors (Lipinski definition) is 3. The number of aromatic carboxylic acids is 1. The van der Waals surface area contributed by atoms with Crippen molar-refractivity contribution in [1.29, 1.82) is 0 Å². The highest BCUT2D eigenvalue weighted by atomic mass is 19.1. The third-order valence-electron chi connectivity index (χ3n) is 2.34. The number of hydrogen-bond donors (Lipinski definition) is 1. The SMILES string of the molecule is Cc1cc(Oc2ccc(C(=O)O)cn2)ccc1F. The number of aromatic nitrogens is 1. The molecule has 0 aliphatic rings. The average molecular weight is 247 g/mol. The largest absolute Gasteiger partial charge is 0.478 e. The van der Waals surface area contributed by atoms with E-state index in [2.05, 4.69) is 4.98 Å². The average Bonchev–Trinajstić information content (AvgIpc) is 2.34. The summed E-state index contributed by atoms with van der Waals surface area (Å²) in [5.41, 5.74) is 0.548. The van der Waals surface area contributed by atoms with Crippen LogP contribution in [0.25, 0.3) is 0 Å². The topological polar surface area (TPSA) is 59.4 Å². The lowest BCUT2D eigenvalue weighted by Crippen LogP contribution is -1.97. The fraction of sp³-hybridized carbons (Fsp3) is 0.0769. The minimum atomic E-state index is -1.05. The van der Waals surface area contributed by atoms with E-state index < -0.39 is 5.97 Å². The maximum absolute atomic E-state index is 13.0. The zero-order valence-corrected chi connectivity index (χ0v) is 9.55. The summed E-state index contributed by atoms with van der Waals surface area (Å²) in [7, 11) is 0. The Morgan fingerprint density at radius 3 is 2.67 bits per heavy atom. The lowest BCUT2D eigenvalue weighted by molar-refractivity contribution is 0.0696. The van der Waals surface area contributed by atoms with Crippen molar-refractivity contribution in [3.05, 3.63) is 53.5 Å². The highest BCUT2D eigenvalue weighted by Crippen LogP contribution is 2.21. The summed E-state index contributed by atoms with van der Waals surface area (Å²) in [5.74, 6) is -0.654. The molecule has 4 nitrogen and oxygen atoms in total. The van der Waals surface area contributed by atoms with Crippen molar-refractivity contribution in [2.24, 2.45) is 0 Å². The number of carboxylic acids is 1. The van der Waals surface area contributed by atoms with Gasteiger partial charge in [0.25, 0.3) is 0 Å². The van der Waals surface area contributed by atoms with Gasteiger partial charge in [0.2, 0.25) is 5.88 Å². The van der Waals surface area contributed by atoms with Gasteiger partial charge in [0.15, 0.2) is 0 Å². The first-order valence-electron chi connectivity index (χ1n) is 5.19. The lowest BCUT2D eigenvalue weighted by atomic mass is 10.2. The van der Waals surface area contributed by atoms with E-state index in [1.807, 2.05) is 0 Å². The fourth-order valence-electron chi connectivity index (χ4n) is 1.37. The Morgan fingerprint density at radius 1 is 1.33 bits per heavy atom. The van der Waals surface area contributed by atoms with E-state index in [0.717, 1.165) is 0 Å². The van der Waals surface area contributed by atoms with Crippen LogP contribution < -0.4 is 4.74 Å². The van der Waals surface area contributed by atoms with Crippen LogP contribution in [0.5, 0.6) is 11.6 Å². The van der Waals surface area contributed by atoms with Crippen LogP contribution in [-0.4, -0.2) is 16.1 Å². The van der Waals surface area contributed by atoms with Crippen LogP contribution in [0.4, 0.5) is 4.39 Å². The fourth-order valence-corrected chi connectivity index (χ4v) is 1.37. The second-order valence-corrected chi connectivity index (χ2v) is 3.70. The molecule has 0 aliphatic carbocycles. The number of ether oxygens (including phenoxy) is 1. The van der Waals surface area contributed by atoms with Crippen molar-refractivity contribution in [2.45, 2.75) is 6.92 Å². The molecule has 0 bridgehead atoms. The standard InChI is InChI=1S/C13H10FNO3/c1-8-6-10(3-4-11(8)14)18-12-5-2-9(7-15-12)13(16)17/h2-7H,1H3,(H,16,17). The van der Waals surface area contributed by atoms with Crippen molar-refractivity contribution < 1.29 is 19.0 Å². The van der Waals surface area contributed by atoms with E-state index in [1.165, 1.54) is 30.5 Å². The van der Waals surface area contributed by atoms with Crippen LogP contribution in [0.1, 0.15) is 15.9 Å². The first-order valence-corrected chi connectivity index (χ1v) is 5.19. The molecule has 18 heavy (non-hydrogen) atoms. The van der Waals surface area contributed by atoms with Gasteiger partial charge in [-0.25, -0.2) is 14.2 Å². The van der Waals surface area contributed by atoms with Crippen molar-refractivity contribution in [2.75, 3.05) is 0 Å². The zero-order chi connectivity index (χ0) is 13.1. The van der Waals surface area contributed by atoms with E-state index in [1.54, 1.807) is 13.0 Å². The number of halogens is 1. The Balaban J connectivity index is 2.18. The minimum Gasteiger partial charge on any atom is -0.478 e. The first-order chi connectivity index (χ1) is 8.56. The first kappa shape index (κ1) is 12.0. The number of aryl methyl sites for hydroxylation is 1. The van der Waals surface area contributed by atoms with Crippen molar-refractivity contribution in [3.8, 4) is 11.6 Å². The van der Waals surface area contributed by atoms with Crippen LogP contribution in [0.15, 0.2) is 36.5 Å². The van der Waals surface area contributed by atoms with Gasteiger partial charge in [-0.05, 0) is 36.8 Å². The molecule has 0 spiro atoms. The maximum Gasteiger partial charge on any atom is 0.337 e. The Hall–Kier alpha value is -2.43. The second-order valence-electron chi connectivity index (χ2n) is 3.70. The van der Waals surface area contributed by atoms with E-state index in [4.69, 9.17) is 9.84 Å². The number of rotatable bonds is 3. The molecule has 0 aliphatic heterocycles. The molecular formula is C13H10FNO3. The van der Waals surface area contributed by atoms with E-state index in [0.29, 0.717) is 11.3 Å². The van der Waals surface area contributed by atoms with Gasteiger partial charge in [-0.3, -0.25) is 0 Å². The highest BCUT2D eigenvalue weighted by molar-refractivity contribution is 5.87. The molecule has 1 aromatic heterocycles. The molecular weight excluding hydrogens is 237 g/mol. The summed E-state index contributed by atoms with van der Waals surface area (Å²) < 4.78 is 18.4. The number of carbonyl (C=O) groups is 1. The molecule has 0 radical (unpaired) electrons. The van der Waals surface area contributed by atoms with Gasteiger partial charge < -0.3 is 9.84 Å². The third-order valence-corrected chi connectivity index (χ3v) is 2.34.